The van der Waals surface area contributed by atoms with Crippen molar-refractivity contribution in [3.63, 3.8) is 0 Å². The van der Waals surface area contributed by atoms with E-state index in [-0.39, 0.29) is 0 Å². The topological polar surface area (TPSA) is 57.0 Å². The molecule has 4 nitrogen and oxygen atoms in total. The highest BCUT2D eigenvalue weighted by Gasteiger charge is 2.04. The van der Waals surface area contributed by atoms with E-state index >= 15 is 0 Å². The van der Waals surface area contributed by atoms with E-state index in [0.717, 1.165) is 0 Å². The highest BCUT2D eigenvalue weighted by Crippen LogP contribution is 1.96. The van der Waals surface area contributed by atoms with Crippen LogP contribution in [-0.2, 0) is 0 Å². The molecule has 58 valence electrons. The van der Waals surface area contributed by atoms with E-state index in [1.54, 1.807) is 25.3 Å². The Morgan fingerprint density at radius 1 is 1.27 bits per heavy atom. The van der Waals surface area contributed by atoms with E-state index in [4.69, 9.17) is 5.21 Å². The van der Waals surface area contributed by atoms with Crippen LogP contribution in [0.3, 0.4) is 0 Å². The standard InChI is InChI=1S/C7H9N3O/c1-8-9-6-4-2-3-5-7(6)10-11/h2-5,8,11H,1H3/b9-6-,10-7+. The third kappa shape index (κ3) is 1.67. The van der Waals surface area contributed by atoms with Gasteiger partial charge in [-0.25, -0.2) is 0 Å². The van der Waals surface area contributed by atoms with Crippen molar-refractivity contribution in [3.05, 3.63) is 24.3 Å². The number of rotatable bonds is 1. The Morgan fingerprint density at radius 2 is 1.91 bits per heavy atom. The molecule has 0 spiro atoms. The van der Waals surface area contributed by atoms with Crippen LogP contribution in [0, 0.1) is 0 Å². The van der Waals surface area contributed by atoms with Gasteiger partial charge in [0.25, 0.3) is 0 Å². The molecule has 1 aliphatic carbocycles. The number of allylic oxidation sites excluding steroid dienone is 4. The van der Waals surface area contributed by atoms with E-state index < -0.39 is 0 Å². The summed E-state index contributed by atoms with van der Waals surface area (Å²) in [4.78, 5) is 0. The fourth-order valence-electron chi connectivity index (χ4n) is 0.764. The van der Waals surface area contributed by atoms with E-state index in [1.165, 1.54) is 0 Å². The molecule has 0 fully saturated rings. The maximum absolute atomic E-state index is 8.48. The van der Waals surface area contributed by atoms with Crippen molar-refractivity contribution in [2.24, 2.45) is 10.3 Å². The number of nitrogens with one attached hydrogen (secondary N) is 1. The zero-order valence-electron chi connectivity index (χ0n) is 6.15. The molecule has 1 rings (SSSR count). The molecule has 0 saturated carbocycles. The first-order chi connectivity index (χ1) is 5.38. The first-order valence-electron chi connectivity index (χ1n) is 3.20. The molecule has 0 heterocycles. The molecule has 4 heteroatoms. The molecule has 0 aromatic carbocycles. The first-order valence-corrected chi connectivity index (χ1v) is 3.20. The second-order valence-corrected chi connectivity index (χ2v) is 1.92. The summed E-state index contributed by atoms with van der Waals surface area (Å²) in [6.07, 6.45) is 7.04. The molecule has 0 atom stereocenters. The summed E-state index contributed by atoms with van der Waals surface area (Å²) in [6, 6.07) is 0. The van der Waals surface area contributed by atoms with Crippen LogP contribution < -0.4 is 5.43 Å². The normalized spacial score (nSPS) is 23.0. The van der Waals surface area contributed by atoms with Crippen molar-refractivity contribution in [3.8, 4) is 0 Å². The number of oxime groups is 1. The maximum Gasteiger partial charge on any atom is 0.130 e. The Labute approximate surface area is 64.6 Å². The number of hydrogen-bond donors (Lipinski definition) is 2. The average Bonchev–Trinajstić information content (AvgIpc) is 2.06. The Hall–Kier alpha value is -1.58. The Morgan fingerprint density at radius 3 is 2.45 bits per heavy atom. The van der Waals surface area contributed by atoms with Crippen LogP contribution >= 0.6 is 0 Å². The van der Waals surface area contributed by atoms with Crippen molar-refractivity contribution in [2.75, 3.05) is 7.05 Å². The van der Waals surface area contributed by atoms with Gasteiger partial charge in [0.1, 0.15) is 11.4 Å². The number of hydrogen-bond acceptors (Lipinski definition) is 4. The van der Waals surface area contributed by atoms with Gasteiger partial charge in [0.05, 0.1) is 0 Å². The molecule has 0 bridgehead atoms. The van der Waals surface area contributed by atoms with Crippen LogP contribution in [0.4, 0.5) is 0 Å². The van der Waals surface area contributed by atoms with E-state index in [1.807, 2.05) is 6.08 Å². The third-order valence-electron chi connectivity index (χ3n) is 1.22. The van der Waals surface area contributed by atoms with Crippen molar-refractivity contribution in [1.29, 1.82) is 0 Å². The second kappa shape index (κ2) is 3.55. The average molecular weight is 151 g/mol. The SMILES string of the molecule is CN/N=C1/C=CC=C/C1=N\O. The van der Waals surface area contributed by atoms with Gasteiger partial charge in [-0.3, -0.25) is 0 Å². The van der Waals surface area contributed by atoms with E-state index in [9.17, 15) is 0 Å². The zero-order valence-corrected chi connectivity index (χ0v) is 6.15. The van der Waals surface area contributed by atoms with Crippen molar-refractivity contribution >= 4 is 11.4 Å². The summed E-state index contributed by atoms with van der Waals surface area (Å²) in [5.41, 5.74) is 3.70. The van der Waals surface area contributed by atoms with Gasteiger partial charge in [0.2, 0.25) is 0 Å². The quantitative estimate of drug-likeness (QED) is 0.326. The minimum atomic E-state index is 0.460. The zero-order chi connectivity index (χ0) is 8.10. The van der Waals surface area contributed by atoms with Crippen molar-refractivity contribution in [2.45, 2.75) is 0 Å². The van der Waals surface area contributed by atoms with Gasteiger partial charge in [-0.05, 0) is 12.2 Å². The van der Waals surface area contributed by atoms with Gasteiger partial charge in [-0.15, -0.1) is 0 Å². The lowest BCUT2D eigenvalue weighted by molar-refractivity contribution is 0.320. The van der Waals surface area contributed by atoms with Gasteiger partial charge in [-0.2, -0.15) is 5.10 Å². The van der Waals surface area contributed by atoms with Gasteiger partial charge in [0, 0.05) is 7.05 Å². The molecule has 0 aliphatic heterocycles. The lowest BCUT2D eigenvalue weighted by Gasteiger charge is -2.01. The summed E-state index contributed by atoms with van der Waals surface area (Å²) < 4.78 is 0. The third-order valence-corrected chi connectivity index (χ3v) is 1.22. The Balaban J connectivity index is 2.88. The van der Waals surface area contributed by atoms with Gasteiger partial charge < -0.3 is 10.6 Å². The van der Waals surface area contributed by atoms with Crippen LogP contribution in [0.25, 0.3) is 0 Å². The molecular formula is C7H9N3O. The van der Waals surface area contributed by atoms with Crippen molar-refractivity contribution in [1.82, 2.24) is 5.43 Å². The predicted molar refractivity (Wildman–Crippen MR) is 44.0 cm³/mol. The number of hydrazone groups is 1. The summed E-state index contributed by atoms with van der Waals surface area (Å²) in [7, 11) is 1.69. The molecule has 0 aromatic heterocycles. The molecule has 0 aromatic rings. The fraction of sp³-hybridized carbons (Fsp3) is 0.143. The lowest BCUT2D eigenvalue weighted by atomic mass is 10.1. The van der Waals surface area contributed by atoms with Crippen LogP contribution in [0.5, 0.6) is 0 Å². The van der Waals surface area contributed by atoms with E-state index in [2.05, 4.69) is 15.7 Å². The lowest BCUT2D eigenvalue weighted by Crippen LogP contribution is -2.14. The monoisotopic (exact) mass is 151 g/mol. The second-order valence-electron chi connectivity index (χ2n) is 1.92. The Kier molecular flexibility index (Phi) is 2.43. The summed E-state index contributed by atoms with van der Waals surface area (Å²) in [6.45, 7) is 0. The molecule has 11 heavy (non-hydrogen) atoms. The van der Waals surface area contributed by atoms with Crippen LogP contribution in [0.2, 0.25) is 0 Å². The van der Waals surface area contributed by atoms with Crippen molar-refractivity contribution < 1.29 is 5.21 Å². The predicted octanol–water partition coefficient (Wildman–Crippen LogP) is 0.518. The Bertz CT molecular complexity index is 250. The minimum absolute atomic E-state index is 0.460. The molecule has 0 saturated heterocycles. The van der Waals surface area contributed by atoms with Crippen LogP contribution in [-0.4, -0.2) is 23.7 Å². The summed E-state index contributed by atoms with van der Waals surface area (Å²) >= 11 is 0. The van der Waals surface area contributed by atoms with Gasteiger partial charge >= 0.3 is 0 Å². The number of nitrogens with zero attached hydrogens (tertiary/aromatic N) is 2. The molecule has 0 radical (unpaired) electrons. The first kappa shape index (κ1) is 7.53. The maximum atomic E-state index is 8.48. The molecule has 2 N–H and O–H groups in total. The molecule has 0 unspecified atom stereocenters. The minimum Gasteiger partial charge on any atom is -0.410 e. The van der Waals surface area contributed by atoms with Crippen LogP contribution in [0.15, 0.2) is 34.6 Å². The summed E-state index contributed by atoms with van der Waals surface area (Å²) in [5, 5.41) is 15.4. The fourth-order valence-corrected chi connectivity index (χ4v) is 0.764. The molecular weight excluding hydrogens is 142 g/mol. The molecule has 0 amide bonds. The summed E-state index contributed by atoms with van der Waals surface area (Å²) in [5.74, 6) is 0. The van der Waals surface area contributed by atoms with E-state index in [0.29, 0.717) is 11.4 Å². The van der Waals surface area contributed by atoms with Gasteiger partial charge in [0.15, 0.2) is 0 Å². The largest absolute Gasteiger partial charge is 0.410 e. The highest BCUT2D eigenvalue weighted by atomic mass is 16.4. The molecule has 1 aliphatic rings. The van der Waals surface area contributed by atoms with Gasteiger partial charge in [-0.1, -0.05) is 17.3 Å². The smallest absolute Gasteiger partial charge is 0.130 e. The van der Waals surface area contributed by atoms with Crippen LogP contribution in [0.1, 0.15) is 0 Å². The highest BCUT2D eigenvalue weighted by molar-refractivity contribution is 6.50.